The number of alkyl halides is 1. The number of fused-ring (bicyclic) bond motifs is 1. The summed E-state index contributed by atoms with van der Waals surface area (Å²) in [5.74, 6) is -0.978. The van der Waals surface area contributed by atoms with E-state index < -0.39 is 56.0 Å². The van der Waals surface area contributed by atoms with Crippen LogP contribution in [0.5, 0.6) is 5.75 Å². The number of hydrogen-bond acceptors (Lipinski definition) is 11. The first kappa shape index (κ1) is 31.9. The molecule has 4 rings (SSSR count). The van der Waals surface area contributed by atoms with Gasteiger partial charge in [-0.2, -0.15) is 10.1 Å². The van der Waals surface area contributed by atoms with E-state index in [1.807, 2.05) is 20.8 Å². The molecule has 1 aliphatic heterocycles. The summed E-state index contributed by atoms with van der Waals surface area (Å²) >= 11 is 6.18. The molecule has 3 heterocycles. The fraction of sp³-hybridized carbons (Fsp3) is 0.520. The summed E-state index contributed by atoms with van der Waals surface area (Å²) in [5, 5.41) is 13.7. The molecule has 2 aromatic heterocycles. The molecule has 1 saturated heterocycles. The second kappa shape index (κ2) is 11.9. The number of benzene rings is 1. The minimum atomic E-state index is -4.45. The highest BCUT2D eigenvalue weighted by Gasteiger charge is 2.55. The van der Waals surface area contributed by atoms with Gasteiger partial charge in [0.2, 0.25) is 5.95 Å². The van der Waals surface area contributed by atoms with Crippen LogP contribution in [0.2, 0.25) is 5.02 Å². The number of nitrogens with two attached hydrogens (primary N) is 1. The SMILES string of the molecule is C[C@H](NP(=O)(OC[C@H]1O[C@@H](n2cnc3c(=O)[nH]c(N)nc32)[C@](C)(O)[C@@H]1F)Oc1ccccc1Cl)C(=O)OCC(C)(C)C. The molecule has 0 aliphatic carbocycles. The minimum absolute atomic E-state index is 0.0296. The van der Waals surface area contributed by atoms with Crippen molar-refractivity contribution in [3.05, 3.63) is 46.0 Å². The Morgan fingerprint density at radius 2 is 2.10 bits per heavy atom. The van der Waals surface area contributed by atoms with E-state index in [1.54, 1.807) is 12.1 Å². The van der Waals surface area contributed by atoms with Crippen LogP contribution in [0, 0.1) is 5.41 Å². The van der Waals surface area contributed by atoms with Crippen LogP contribution in [0.3, 0.4) is 0 Å². The number of nitrogens with one attached hydrogen (secondary N) is 2. The van der Waals surface area contributed by atoms with Crippen molar-refractivity contribution in [2.45, 2.75) is 64.8 Å². The molecule has 230 valence electrons. The molecule has 0 radical (unpaired) electrons. The molecule has 0 saturated carbocycles. The average Bonchev–Trinajstić information content (AvgIpc) is 3.40. The van der Waals surface area contributed by atoms with Gasteiger partial charge in [-0.1, -0.05) is 44.5 Å². The number of anilines is 1. The highest BCUT2D eigenvalue weighted by molar-refractivity contribution is 7.52. The van der Waals surface area contributed by atoms with Crippen molar-refractivity contribution in [3.63, 3.8) is 0 Å². The number of para-hydroxylation sites is 1. The number of halogens is 2. The lowest BCUT2D eigenvalue weighted by Gasteiger charge is -2.26. The molecule has 0 spiro atoms. The number of rotatable bonds is 10. The second-order valence-electron chi connectivity index (χ2n) is 11.3. The summed E-state index contributed by atoms with van der Waals surface area (Å²) in [6.45, 7) is 7.59. The molecule has 17 heteroatoms. The Hall–Kier alpha value is -3.07. The summed E-state index contributed by atoms with van der Waals surface area (Å²) in [5.41, 5.74) is 2.37. The lowest BCUT2D eigenvalue weighted by atomic mass is 9.98. The number of nitrogens with zero attached hydrogens (tertiary/aromatic N) is 3. The highest BCUT2D eigenvalue weighted by atomic mass is 35.5. The van der Waals surface area contributed by atoms with Crippen LogP contribution < -0.4 is 20.9 Å². The predicted octanol–water partition coefficient (Wildman–Crippen LogP) is 3.11. The Balaban J connectivity index is 1.56. The number of nitrogen functional groups attached to an aromatic ring is 1. The first-order valence-corrected chi connectivity index (χ1v) is 14.8. The van der Waals surface area contributed by atoms with Gasteiger partial charge in [-0.05, 0) is 31.4 Å². The molecule has 1 aromatic carbocycles. The minimum Gasteiger partial charge on any atom is -0.464 e. The maximum Gasteiger partial charge on any atom is 0.459 e. The van der Waals surface area contributed by atoms with Gasteiger partial charge in [0.15, 0.2) is 23.6 Å². The van der Waals surface area contributed by atoms with Crippen molar-refractivity contribution in [2.24, 2.45) is 5.41 Å². The molecule has 3 aromatic rings. The van der Waals surface area contributed by atoms with Crippen LogP contribution in [-0.4, -0.2) is 67.7 Å². The molecule has 1 aliphatic rings. The Labute approximate surface area is 245 Å². The van der Waals surface area contributed by atoms with Crippen LogP contribution in [-0.2, 0) is 23.4 Å². The quantitative estimate of drug-likeness (QED) is 0.189. The monoisotopic (exact) mass is 630 g/mol. The van der Waals surface area contributed by atoms with Crippen molar-refractivity contribution >= 4 is 42.4 Å². The number of aromatic nitrogens is 4. The molecule has 0 bridgehead atoms. The van der Waals surface area contributed by atoms with E-state index in [9.17, 15) is 19.3 Å². The van der Waals surface area contributed by atoms with Gasteiger partial charge in [0.05, 0.1) is 24.6 Å². The van der Waals surface area contributed by atoms with Gasteiger partial charge in [-0.15, -0.1) is 0 Å². The molecule has 1 fully saturated rings. The number of imidazole rings is 1. The third-order valence-electron chi connectivity index (χ3n) is 6.21. The molecule has 5 N–H and O–H groups in total. The van der Waals surface area contributed by atoms with Gasteiger partial charge in [0.1, 0.15) is 23.5 Å². The number of esters is 1. The fourth-order valence-corrected chi connectivity index (χ4v) is 5.83. The summed E-state index contributed by atoms with van der Waals surface area (Å²) in [7, 11) is -4.45. The van der Waals surface area contributed by atoms with E-state index in [1.165, 1.54) is 30.5 Å². The van der Waals surface area contributed by atoms with Crippen LogP contribution in [0.4, 0.5) is 10.3 Å². The number of carbonyl (C=O) groups excluding carboxylic acids is 1. The van der Waals surface area contributed by atoms with Gasteiger partial charge >= 0.3 is 13.7 Å². The van der Waals surface area contributed by atoms with Gasteiger partial charge in [0.25, 0.3) is 5.56 Å². The van der Waals surface area contributed by atoms with Crippen LogP contribution in [0.1, 0.15) is 40.8 Å². The Kier molecular flexibility index (Phi) is 9.03. The maximum absolute atomic E-state index is 15.6. The number of carbonyl (C=O) groups is 1. The van der Waals surface area contributed by atoms with Crippen LogP contribution in [0.15, 0.2) is 35.4 Å². The van der Waals surface area contributed by atoms with Gasteiger partial charge in [0, 0.05) is 0 Å². The number of aliphatic hydroxyl groups is 1. The third-order valence-corrected chi connectivity index (χ3v) is 8.15. The van der Waals surface area contributed by atoms with Gasteiger partial charge in [-0.25, -0.2) is 13.9 Å². The van der Waals surface area contributed by atoms with E-state index >= 15 is 4.39 Å². The number of ether oxygens (including phenoxy) is 2. The Morgan fingerprint density at radius 1 is 1.40 bits per heavy atom. The van der Waals surface area contributed by atoms with Crippen molar-refractivity contribution < 1.29 is 37.4 Å². The fourth-order valence-electron chi connectivity index (χ4n) is 4.08. The molecule has 1 unspecified atom stereocenters. The number of hydrogen-bond donors (Lipinski definition) is 4. The van der Waals surface area contributed by atoms with Crippen molar-refractivity contribution in [1.82, 2.24) is 24.6 Å². The largest absolute Gasteiger partial charge is 0.464 e. The molecule has 14 nitrogen and oxygen atoms in total. The van der Waals surface area contributed by atoms with Gasteiger partial charge in [-0.3, -0.25) is 23.7 Å². The van der Waals surface area contributed by atoms with E-state index in [4.69, 9.17) is 35.9 Å². The predicted molar refractivity (Wildman–Crippen MR) is 151 cm³/mol. The zero-order valence-corrected chi connectivity index (χ0v) is 25.2. The van der Waals surface area contributed by atoms with Crippen LogP contribution >= 0.6 is 19.3 Å². The lowest BCUT2D eigenvalue weighted by Crippen LogP contribution is -2.42. The zero-order valence-electron chi connectivity index (χ0n) is 23.5. The molecule has 6 atom stereocenters. The molecular formula is C25H33ClFN6O8P. The maximum atomic E-state index is 15.6. The van der Waals surface area contributed by atoms with Crippen molar-refractivity contribution in [2.75, 3.05) is 18.9 Å². The zero-order chi connectivity index (χ0) is 31.0. The summed E-state index contributed by atoms with van der Waals surface area (Å²) < 4.78 is 52.9. The van der Waals surface area contributed by atoms with E-state index in [0.717, 1.165) is 6.33 Å². The van der Waals surface area contributed by atoms with E-state index in [-0.39, 0.29) is 39.9 Å². The third kappa shape index (κ3) is 6.93. The van der Waals surface area contributed by atoms with E-state index in [0.29, 0.717) is 0 Å². The topological polar surface area (TPSA) is 193 Å². The smallest absolute Gasteiger partial charge is 0.459 e. The van der Waals surface area contributed by atoms with Crippen molar-refractivity contribution in [1.29, 1.82) is 0 Å². The summed E-state index contributed by atoms with van der Waals surface area (Å²) in [4.78, 5) is 35.1. The summed E-state index contributed by atoms with van der Waals surface area (Å²) in [6.07, 6.45) is -3.85. The first-order chi connectivity index (χ1) is 19.5. The number of H-pyrrole nitrogens is 1. The highest BCUT2D eigenvalue weighted by Crippen LogP contribution is 2.49. The Bertz CT molecular complexity index is 1560. The average molecular weight is 631 g/mol. The standard InChI is InChI=1S/C25H33ClFN6O8P/c1-13(21(35)38-11-24(2,3)4)32-42(37,41-15-9-7-6-8-14(15)26)39-10-16-18(27)25(5,36)22(40-16)33-12-29-17-19(33)30-23(28)31-20(17)34/h6-9,12-13,16,18,22,36H,10-11H2,1-5H3,(H,32,37)(H3,28,30,31,34)/t13-,16+,18+,22+,25+,42?/m0/s1. The lowest BCUT2D eigenvalue weighted by molar-refractivity contribution is -0.148. The van der Waals surface area contributed by atoms with Crippen molar-refractivity contribution in [3.8, 4) is 5.75 Å². The van der Waals surface area contributed by atoms with E-state index in [2.05, 4.69) is 20.0 Å². The molecule has 42 heavy (non-hydrogen) atoms. The Morgan fingerprint density at radius 3 is 2.76 bits per heavy atom. The molecular weight excluding hydrogens is 598 g/mol. The van der Waals surface area contributed by atoms with Crippen LogP contribution in [0.25, 0.3) is 11.2 Å². The number of aromatic amines is 1. The second-order valence-corrected chi connectivity index (χ2v) is 13.4. The normalized spacial score (nSPS) is 24.8. The first-order valence-electron chi connectivity index (χ1n) is 12.9. The van der Waals surface area contributed by atoms with Gasteiger partial charge < -0.3 is 24.8 Å². The molecule has 0 amide bonds. The summed E-state index contributed by atoms with van der Waals surface area (Å²) in [6, 6.07) is 4.95.